The molecule has 0 bridgehead atoms. The highest BCUT2D eigenvalue weighted by Crippen LogP contribution is 2.37. The third-order valence-electron chi connectivity index (χ3n) is 6.31. The summed E-state index contributed by atoms with van der Waals surface area (Å²) in [6.45, 7) is 4.50. The van der Waals surface area contributed by atoms with E-state index >= 15 is 0 Å². The van der Waals surface area contributed by atoms with Gasteiger partial charge >= 0.3 is 0 Å². The molecule has 186 valence electrons. The number of amides is 1. The first-order valence-corrected chi connectivity index (χ1v) is 13.7. The predicted molar refractivity (Wildman–Crippen MR) is 150 cm³/mol. The van der Waals surface area contributed by atoms with Crippen LogP contribution in [0.5, 0.6) is 0 Å². The van der Waals surface area contributed by atoms with Crippen LogP contribution in [0.2, 0.25) is 0 Å². The lowest BCUT2D eigenvalue weighted by molar-refractivity contribution is -0.109. The topological polar surface area (TPSA) is 58.1 Å². The number of hydrogen-bond acceptors (Lipinski definition) is 6. The molecule has 6 rings (SSSR count). The van der Waals surface area contributed by atoms with Crippen LogP contribution in [0.4, 0.5) is 10.2 Å². The second-order valence-electron chi connectivity index (χ2n) is 8.83. The van der Waals surface area contributed by atoms with E-state index in [4.69, 9.17) is 0 Å². The van der Waals surface area contributed by atoms with E-state index < -0.39 is 0 Å². The Morgan fingerprint density at radius 2 is 1.94 bits per heavy atom. The van der Waals surface area contributed by atoms with E-state index in [2.05, 4.69) is 43.8 Å². The summed E-state index contributed by atoms with van der Waals surface area (Å²) < 4.78 is 16.2. The third kappa shape index (κ3) is 5.39. The van der Waals surface area contributed by atoms with E-state index in [1.807, 2.05) is 24.3 Å². The molecule has 0 unspecified atom stereocenters. The Morgan fingerprint density at radius 1 is 1.08 bits per heavy atom. The molecule has 5 aromatic rings. The lowest BCUT2D eigenvalue weighted by Gasteiger charge is -2.27. The van der Waals surface area contributed by atoms with Crippen LogP contribution in [0, 0.1) is 12.7 Å². The second kappa shape index (κ2) is 11.1. The quantitative estimate of drug-likeness (QED) is 0.249. The summed E-state index contributed by atoms with van der Waals surface area (Å²) >= 11 is 3.38. The number of thiophene rings is 2. The van der Waals surface area contributed by atoms with Crippen molar-refractivity contribution in [1.29, 1.82) is 0 Å². The monoisotopic (exact) mass is 520 g/mol. The third-order valence-corrected chi connectivity index (χ3v) is 8.38. The Kier molecular flexibility index (Phi) is 7.53. The van der Waals surface area contributed by atoms with E-state index in [-0.39, 0.29) is 7.24 Å². The number of carbonyl (C=O) groups is 1. The number of halogens is 1. The minimum atomic E-state index is -0.165. The molecular formula is C28H29FN4OS2. The highest BCUT2D eigenvalue weighted by Gasteiger charge is 2.18. The first-order chi connectivity index (χ1) is 17.6. The maximum absolute atomic E-state index is 13.9. The van der Waals surface area contributed by atoms with Gasteiger partial charge in [0.2, 0.25) is 6.41 Å². The van der Waals surface area contributed by atoms with Gasteiger partial charge in [0.25, 0.3) is 0 Å². The van der Waals surface area contributed by atoms with Crippen molar-refractivity contribution in [2.45, 2.75) is 32.7 Å². The van der Waals surface area contributed by atoms with Crippen molar-refractivity contribution in [3.05, 3.63) is 77.2 Å². The molecule has 1 fully saturated rings. The van der Waals surface area contributed by atoms with Gasteiger partial charge in [0, 0.05) is 30.6 Å². The molecule has 2 aromatic carbocycles. The summed E-state index contributed by atoms with van der Waals surface area (Å²) in [4.78, 5) is 22.4. The average molecular weight is 521 g/mol. The van der Waals surface area contributed by atoms with E-state index in [1.165, 1.54) is 29.3 Å². The minimum Gasteiger partial charge on any atom is -0.355 e. The lowest BCUT2D eigenvalue weighted by atomic mass is 10.1. The Morgan fingerprint density at radius 3 is 2.75 bits per heavy atom. The maximum atomic E-state index is 13.9. The molecule has 0 aliphatic carbocycles. The zero-order valence-electron chi connectivity index (χ0n) is 20.0. The number of aromatic nitrogens is 2. The molecule has 3 aromatic heterocycles. The standard InChI is InChI=1S/C18H18FN3S.C10H9NOS.H2/c1-12-5-6-13(9-14(12)19)16-10-15-17(23-16)18(21-11-20-15)22-7-3-2-4-8-22;12-7-11-6-8-1-2-10-9(5-8)3-4-13-10;/h5-6,9-11H,2-4,7-8H2,1H3;1-5,7H,6H2,(H,11,12);1H. The number of benzene rings is 2. The molecule has 8 heteroatoms. The van der Waals surface area contributed by atoms with Gasteiger partial charge in [-0.2, -0.15) is 0 Å². The summed E-state index contributed by atoms with van der Waals surface area (Å²) in [5, 5.41) is 5.96. The fourth-order valence-electron chi connectivity index (χ4n) is 4.35. The molecule has 4 heterocycles. The molecular weight excluding hydrogens is 491 g/mol. The molecule has 36 heavy (non-hydrogen) atoms. The molecule has 1 aliphatic rings. The molecule has 0 saturated carbocycles. The SMILES string of the molecule is Cc1ccc(-c2cc3ncnc(N4CCCCC4)c3s2)cc1F.O=CNCc1ccc2sccc2c1.[HH]. The zero-order chi connectivity index (χ0) is 24.9. The fourth-order valence-corrected chi connectivity index (χ4v) is 6.24. The van der Waals surface area contributed by atoms with Crippen LogP contribution in [0.1, 0.15) is 31.8 Å². The first kappa shape index (κ1) is 24.3. The van der Waals surface area contributed by atoms with Gasteiger partial charge in [0.05, 0.1) is 10.2 Å². The molecule has 0 radical (unpaired) electrons. The molecule has 0 spiro atoms. The van der Waals surface area contributed by atoms with Crippen LogP contribution in [-0.2, 0) is 11.3 Å². The van der Waals surface area contributed by atoms with Crippen molar-refractivity contribution in [3.63, 3.8) is 0 Å². The molecule has 1 aliphatic heterocycles. The largest absolute Gasteiger partial charge is 0.355 e. The van der Waals surface area contributed by atoms with Gasteiger partial charge in [0.1, 0.15) is 18.0 Å². The Labute approximate surface area is 219 Å². The fraction of sp³-hybridized carbons (Fsp3) is 0.250. The van der Waals surface area contributed by atoms with Gasteiger partial charge in [-0.1, -0.05) is 18.2 Å². The Hall–Kier alpha value is -3.36. The predicted octanol–water partition coefficient (Wildman–Crippen LogP) is 7.19. The highest BCUT2D eigenvalue weighted by molar-refractivity contribution is 7.22. The number of fused-ring (bicyclic) bond motifs is 2. The van der Waals surface area contributed by atoms with Crippen molar-refractivity contribution in [3.8, 4) is 10.4 Å². The number of nitrogens with one attached hydrogen (secondary N) is 1. The molecule has 1 saturated heterocycles. The van der Waals surface area contributed by atoms with E-state index in [0.29, 0.717) is 12.1 Å². The van der Waals surface area contributed by atoms with Crippen molar-refractivity contribution >= 4 is 55.2 Å². The van der Waals surface area contributed by atoms with Gasteiger partial charge in [0.15, 0.2) is 0 Å². The summed E-state index contributed by atoms with van der Waals surface area (Å²) in [5.41, 5.74) is 3.66. The summed E-state index contributed by atoms with van der Waals surface area (Å²) in [7, 11) is 0. The van der Waals surface area contributed by atoms with Crippen LogP contribution in [-0.4, -0.2) is 29.5 Å². The minimum absolute atomic E-state index is 0. The number of piperidine rings is 1. The number of rotatable bonds is 5. The maximum Gasteiger partial charge on any atom is 0.207 e. The van der Waals surface area contributed by atoms with Crippen LogP contribution in [0.3, 0.4) is 0 Å². The van der Waals surface area contributed by atoms with Crippen LogP contribution in [0.25, 0.3) is 30.7 Å². The van der Waals surface area contributed by atoms with Gasteiger partial charge in [-0.15, -0.1) is 22.7 Å². The number of anilines is 1. The summed E-state index contributed by atoms with van der Waals surface area (Å²) in [5.74, 6) is 0.862. The van der Waals surface area contributed by atoms with Crippen molar-refractivity contribution in [2.24, 2.45) is 0 Å². The normalized spacial score (nSPS) is 13.4. The van der Waals surface area contributed by atoms with Gasteiger partial charge in [-0.05, 0) is 84.0 Å². The molecule has 5 nitrogen and oxygen atoms in total. The Bertz CT molecular complexity index is 1500. The van der Waals surface area contributed by atoms with Crippen LogP contribution in [0.15, 0.2) is 60.2 Å². The molecule has 0 atom stereocenters. The van der Waals surface area contributed by atoms with Crippen LogP contribution >= 0.6 is 22.7 Å². The van der Waals surface area contributed by atoms with Crippen molar-refractivity contribution < 1.29 is 10.6 Å². The van der Waals surface area contributed by atoms with E-state index in [9.17, 15) is 9.18 Å². The number of nitrogens with zero attached hydrogens (tertiary/aromatic N) is 3. The van der Waals surface area contributed by atoms with Crippen molar-refractivity contribution in [2.75, 3.05) is 18.0 Å². The van der Waals surface area contributed by atoms with Crippen molar-refractivity contribution in [1.82, 2.24) is 15.3 Å². The smallest absolute Gasteiger partial charge is 0.207 e. The van der Waals surface area contributed by atoms with Gasteiger partial charge in [-0.3, -0.25) is 4.79 Å². The molecule has 1 N–H and O–H groups in total. The van der Waals surface area contributed by atoms with E-state index in [1.54, 1.807) is 42.0 Å². The number of carbonyl (C=O) groups excluding carboxylic acids is 1. The Balaban J connectivity index is 0.000000195. The highest BCUT2D eigenvalue weighted by atomic mass is 32.1. The van der Waals surface area contributed by atoms with Gasteiger partial charge < -0.3 is 10.2 Å². The molecule has 1 amide bonds. The number of hydrogen-bond donors (Lipinski definition) is 1. The number of aryl methyl sites for hydroxylation is 1. The average Bonchev–Trinajstić information content (AvgIpc) is 3.56. The first-order valence-electron chi connectivity index (χ1n) is 12.0. The van der Waals surface area contributed by atoms with Crippen LogP contribution < -0.4 is 10.2 Å². The zero-order valence-corrected chi connectivity index (χ0v) is 21.7. The summed E-state index contributed by atoms with van der Waals surface area (Å²) in [6.07, 6.45) is 6.08. The van der Waals surface area contributed by atoms with E-state index in [0.717, 1.165) is 51.5 Å². The van der Waals surface area contributed by atoms with Gasteiger partial charge in [-0.25, -0.2) is 14.4 Å². The second-order valence-corrected chi connectivity index (χ2v) is 10.8. The lowest BCUT2D eigenvalue weighted by Crippen LogP contribution is -2.30. The summed E-state index contributed by atoms with van der Waals surface area (Å²) in [6, 6.07) is 15.8.